The minimum absolute atomic E-state index is 0.209. The van der Waals surface area contributed by atoms with Gasteiger partial charge in [-0.1, -0.05) is 0 Å². The Kier molecular flexibility index (Phi) is 4.37. The molecule has 0 unspecified atom stereocenters. The van der Waals surface area contributed by atoms with Crippen molar-refractivity contribution < 1.29 is 14.3 Å². The number of carbonyl (C=O) groups excluding carboxylic acids is 2. The maximum atomic E-state index is 13.1. The molecule has 1 aromatic carbocycles. The number of pyridine rings is 1. The van der Waals surface area contributed by atoms with Gasteiger partial charge in [-0.15, -0.1) is 0 Å². The van der Waals surface area contributed by atoms with Gasteiger partial charge in [0, 0.05) is 24.3 Å². The number of ether oxygens (including phenoxy) is 1. The van der Waals surface area contributed by atoms with E-state index in [0.29, 0.717) is 22.7 Å². The summed E-state index contributed by atoms with van der Waals surface area (Å²) in [6, 6.07) is 6.95. The molecule has 1 aliphatic rings. The second kappa shape index (κ2) is 6.74. The van der Waals surface area contributed by atoms with Crippen LogP contribution in [0.5, 0.6) is 0 Å². The molecule has 0 saturated heterocycles. The topological polar surface area (TPSA) is 86.1 Å². The van der Waals surface area contributed by atoms with Crippen molar-refractivity contribution in [3.8, 4) is 0 Å². The summed E-state index contributed by atoms with van der Waals surface area (Å²) in [6.07, 6.45) is 2.20. The molecule has 1 amide bonds. The molecular formula is C21H22N4O3. The van der Waals surface area contributed by atoms with Gasteiger partial charge in [0.25, 0.3) is 5.91 Å². The Morgan fingerprint density at radius 1 is 1.21 bits per heavy atom. The highest BCUT2D eigenvalue weighted by Crippen LogP contribution is 2.40. The zero-order valence-electron chi connectivity index (χ0n) is 16.4. The third-order valence-electron chi connectivity index (χ3n) is 5.12. The van der Waals surface area contributed by atoms with Crippen LogP contribution in [0, 0.1) is 13.8 Å². The van der Waals surface area contributed by atoms with Crippen LogP contribution in [0.3, 0.4) is 0 Å². The van der Waals surface area contributed by atoms with Gasteiger partial charge in [-0.3, -0.25) is 9.48 Å². The largest absolute Gasteiger partial charge is 0.465 e. The van der Waals surface area contributed by atoms with Gasteiger partial charge in [-0.2, -0.15) is 5.10 Å². The summed E-state index contributed by atoms with van der Waals surface area (Å²) in [5.41, 5.74) is 4.90. The van der Waals surface area contributed by atoms with Gasteiger partial charge < -0.3 is 10.1 Å². The number of amides is 1. The van der Waals surface area contributed by atoms with Crippen molar-refractivity contribution in [2.75, 3.05) is 12.4 Å². The average molecular weight is 378 g/mol. The highest BCUT2D eigenvalue weighted by molar-refractivity contribution is 6.13. The molecule has 2 heterocycles. The monoisotopic (exact) mass is 378 g/mol. The second-order valence-electron chi connectivity index (χ2n) is 7.25. The number of anilines is 1. The third kappa shape index (κ3) is 3.13. The number of rotatable bonds is 4. The van der Waals surface area contributed by atoms with E-state index in [1.165, 1.54) is 7.11 Å². The van der Waals surface area contributed by atoms with Crippen molar-refractivity contribution in [1.82, 2.24) is 14.8 Å². The van der Waals surface area contributed by atoms with Crippen molar-refractivity contribution in [3.05, 3.63) is 52.3 Å². The van der Waals surface area contributed by atoms with Crippen LogP contribution in [-0.4, -0.2) is 33.8 Å². The number of esters is 1. The molecule has 0 spiro atoms. The number of nitrogens with one attached hydrogen (secondary N) is 1. The molecule has 0 bridgehead atoms. The molecule has 1 aliphatic carbocycles. The molecule has 1 N–H and O–H groups in total. The highest BCUT2D eigenvalue weighted by Gasteiger charge is 2.28. The van der Waals surface area contributed by atoms with Crippen LogP contribution in [-0.2, 0) is 11.8 Å². The van der Waals surface area contributed by atoms with Gasteiger partial charge in [0.15, 0.2) is 5.65 Å². The van der Waals surface area contributed by atoms with E-state index in [-0.39, 0.29) is 5.91 Å². The zero-order chi connectivity index (χ0) is 20.0. The molecule has 4 rings (SSSR count). The second-order valence-corrected chi connectivity index (χ2v) is 7.25. The maximum absolute atomic E-state index is 13.1. The Labute approximate surface area is 162 Å². The Balaban J connectivity index is 1.72. The number of hydrogen-bond donors (Lipinski definition) is 1. The summed E-state index contributed by atoms with van der Waals surface area (Å²) in [6.45, 7) is 3.73. The summed E-state index contributed by atoms with van der Waals surface area (Å²) in [4.78, 5) is 29.6. The van der Waals surface area contributed by atoms with Crippen LogP contribution in [0.2, 0.25) is 0 Å². The molecule has 1 saturated carbocycles. The number of fused-ring (bicyclic) bond motifs is 1. The van der Waals surface area contributed by atoms with E-state index in [9.17, 15) is 9.59 Å². The normalized spacial score (nSPS) is 13.6. The number of aryl methyl sites for hydroxylation is 3. The minimum atomic E-state index is -0.406. The van der Waals surface area contributed by atoms with E-state index in [1.807, 2.05) is 27.0 Å². The maximum Gasteiger partial charge on any atom is 0.337 e. The first kappa shape index (κ1) is 18.2. The molecule has 2 aromatic heterocycles. The molecule has 3 aromatic rings. The Morgan fingerprint density at radius 3 is 2.61 bits per heavy atom. The number of hydrogen-bond acceptors (Lipinski definition) is 5. The number of carbonyl (C=O) groups is 2. The smallest absolute Gasteiger partial charge is 0.337 e. The van der Waals surface area contributed by atoms with Gasteiger partial charge in [0.2, 0.25) is 0 Å². The molecular weight excluding hydrogens is 356 g/mol. The summed E-state index contributed by atoms with van der Waals surface area (Å²) in [7, 11) is 3.19. The van der Waals surface area contributed by atoms with E-state index in [0.717, 1.165) is 40.8 Å². The van der Waals surface area contributed by atoms with Gasteiger partial charge in [-0.05, 0) is 56.5 Å². The predicted molar refractivity (Wildman–Crippen MR) is 106 cm³/mol. The molecule has 7 heteroatoms. The first-order chi connectivity index (χ1) is 13.4. The number of benzene rings is 1. The quantitative estimate of drug-likeness (QED) is 0.702. The van der Waals surface area contributed by atoms with Crippen molar-refractivity contribution in [2.45, 2.75) is 32.6 Å². The molecule has 7 nitrogen and oxygen atoms in total. The molecule has 0 atom stereocenters. The lowest BCUT2D eigenvalue weighted by atomic mass is 10.1. The number of nitrogens with zero attached hydrogens (tertiary/aromatic N) is 3. The summed E-state index contributed by atoms with van der Waals surface area (Å²) < 4.78 is 6.47. The number of methoxy groups -OCH3 is 1. The van der Waals surface area contributed by atoms with Crippen molar-refractivity contribution in [2.24, 2.45) is 7.05 Å². The lowest BCUT2D eigenvalue weighted by molar-refractivity contribution is 0.0600. The lowest BCUT2D eigenvalue weighted by Gasteiger charge is -2.12. The molecule has 28 heavy (non-hydrogen) atoms. The van der Waals surface area contributed by atoms with E-state index < -0.39 is 5.97 Å². The Hall–Kier alpha value is -3.22. The van der Waals surface area contributed by atoms with Crippen LogP contribution in [0.4, 0.5) is 5.69 Å². The van der Waals surface area contributed by atoms with Gasteiger partial charge >= 0.3 is 5.97 Å². The summed E-state index contributed by atoms with van der Waals surface area (Å²) in [5.74, 6) is -0.191. The van der Waals surface area contributed by atoms with Crippen LogP contribution in [0.25, 0.3) is 11.0 Å². The average Bonchev–Trinajstić information content (AvgIpc) is 3.48. The van der Waals surface area contributed by atoms with E-state index in [4.69, 9.17) is 9.72 Å². The Morgan fingerprint density at radius 2 is 1.96 bits per heavy atom. The third-order valence-corrected chi connectivity index (χ3v) is 5.12. The highest BCUT2D eigenvalue weighted by atomic mass is 16.5. The fourth-order valence-corrected chi connectivity index (χ4v) is 3.47. The Bertz CT molecular complexity index is 1110. The predicted octanol–water partition coefficient (Wildman–Crippen LogP) is 3.50. The summed E-state index contributed by atoms with van der Waals surface area (Å²) in [5, 5.41) is 8.18. The van der Waals surface area contributed by atoms with Crippen molar-refractivity contribution >= 4 is 28.6 Å². The van der Waals surface area contributed by atoms with Gasteiger partial charge in [0.1, 0.15) is 0 Å². The van der Waals surface area contributed by atoms with Gasteiger partial charge in [0.05, 0.1) is 29.3 Å². The van der Waals surface area contributed by atoms with E-state index >= 15 is 0 Å². The number of aromatic nitrogens is 3. The van der Waals surface area contributed by atoms with Crippen LogP contribution >= 0.6 is 0 Å². The fourth-order valence-electron chi connectivity index (χ4n) is 3.47. The van der Waals surface area contributed by atoms with E-state index in [2.05, 4.69) is 10.4 Å². The molecule has 0 aliphatic heterocycles. The molecule has 1 fully saturated rings. The molecule has 144 valence electrons. The van der Waals surface area contributed by atoms with Crippen LogP contribution < -0.4 is 5.32 Å². The zero-order valence-corrected chi connectivity index (χ0v) is 16.4. The fraction of sp³-hybridized carbons (Fsp3) is 0.333. The lowest BCUT2D eigenvalue weighted by Crippen LogP contribution is -2.15. The minimum Gasteiger partial charge on any atom is -0.465 e. The first-order valence-electron chi connectivity index (χ1n) is 9.23. The van der Waals surface area contributed by atoms with Gasteiger partial charge in [-0.25, -0.2) is 9.78 Å². The summed E-state index contributed by atoms with van der Waals surface area (Å²) >= 11 is 0. The van der Waals surface area contributed by atoms with E-state index in [1.54, 1.807) is 22.9 Å². The SMILES string of the molecule is COC(=O)c1ccc(NC(=O)c2cc(C3CC3)nc3c2c(C)nn3C)c(C)c1. The van der Waals surface area contributed by atoms with Crippen molar-refractivity contribution in [3.63, 3.8) is 0 Å². The molecule has 0 radical (unpaired) electrons. The van der Waals surface area contributed by atoms with Crippen LogP contribution in [0.1, 0.15) is 56.4 Å². The standard InChI is InChI=1S/C21H22N4O3/c1-11-9-14(21(27)28-4)7-8-16(11)23-20(26)15-10-17(13-5-6-13)22-19-18(15)12(2)24-25(19)3/h7-10,13H,5-6H2,1-4H3,(H,23,26). The van der Waals surface area contributed by atoms with Crippen molar-refractivity contribution in [1.29, 1.82) is 0 Å². The first-order valence-corrected chi connectivity index (χ1v) is 9.23. The van der Waals surface area contributed by atoms with Crippen LogP contribution in [0.15, 0.2) is 24.3 Å².